The summed E-state index contributed by atoms with van der Waals surface area (Å²) in [5.41, 5.74) is 0. The van der Waals surface area contributed by atoms with E-state index < -0.39 is 0 Å². The third kappa shape index (κ3) is 0.899. The fraction of sp³-hybridized carbons (Fsp3) is 1.00. The van der Waals surface area contributed by atoms with E-state index in [0.29, 0.717) is 0 Å². The Hall–Kier alpha value is 0.350. The van der Waals surface area contributed by atoms with Crippen LogP contribution in [0.3, 0.4) is 0 Å². The molecule has 2 aliphatic rings. The Morgan fingerprint density at radius 2 is 2.11 bits per heavy atom. The van der Waals surface area contributed by atoms with Gasteiger partial charge in [-0.05, 0) is 37.4 Å². The minimum absolute atomic E-state index is 1.05. The van der Waals surface area contributed by atoms with Crippen molar-refractivity contribution in [3.05, 3.63) is 0 Å². The Balaban J connectivity index is 2.01. The maximum Gasteiger partial charge on any atom is 0.00752 e. The first-order valence-electron chi connectivity index (χ1n) is 3.93. The van der Waals surface area contributed by atoms with Gasteiger partial charge in [0.25, 0.3) is 0 Å². The summed E-state index contributed by atoms with van der Waals surface area (Å²) in [6, 6.07) is 0. The lowest BCUT2D eigenvalue weighted by atomic mass is 10.0. The summed E-state index contributed by atoms with van der Waals surface area (Å²) in [5, 5.41) is 1.05. The first-order chi connectivity index (χ1) is 4.40. The van der Waals surface area contributed by atoms with Gasteiger partial charge in [-0.2, -0.15) is 11.8 Å². The van der Waals surface area contributed by atoms with Crippen molar-refractivity contribution in [1.82, 2.24) is 0 Å². The lowest BCUT2D eigenvalue weighted by Crippen LogP contribution is -2.11. The van der Waals surface area contributed by atoms with Gasteiger partial charge in [-0.3, -0.25) is 0 Å². The van der Waals surface area contributed by atoms with Crippen LogP contribution in [0.2, 0.25) is 0 Å². The number of thioether (sulfide) groups is 1. The molecule has 3 atom stereocenters. The molecule has 2 saturated carbocycles. The maximum absolute atomic E-state index is 2.27. The van der Waals surface area contributed by atoms with Gasteiger partial charge in [-0.15, -0.1) is 0 Å². The SMILES string of the molecule is CSC1CC2CCC1C2. The van der Waals surface area contributed by atoms with Crippen LogP contribution < -0.4 is 0 Å². The molecule has 3 unspecified atom stereocenters. The van der Waals surface area contributed by atoms with Crippen LogP contribution in [-0.4, -0.2) is 11.5 Å². The second-order valence-corrected chi connectivity index (χ2v) is 4.53. The lowest BCUT2D eigenvalue weighted by Gasteiger charge is -2.18. The summed E-state index contributed by atoms with van der Waals surface area (Å²) >= 11 is 2.10. The third-order valence-corrected chi connectivity index (χ3v) is 4.16. The fourth-order valence-electron chi connectivity index (χ4n) is 2.48. The molecule has 0 spiro atoms. The van der Waals surface area contributed by atoms with Crippen molar-refractivity contribution in [2.24, 2.45) is 11.8 Å². The molecule has 0 nitrogen and oxygen atoms in total. The van der Waals surface area contributed by atoms with Gasteiger partial charge in [0.05, 0.1) is 0 Å². The Morgan fingerprint density at radius 3 is 2.44 bits per heavy atom. The highest BCUT2D eigenvalue weighted by Crippen LogP contribution is 2.48. The van der Waals surface area contributed by atoms with Crippen molar-refractivity contribution in [2.45, 2.75) is 30.9 Å². The molecule has 2 fully saturated rings. The van der Waals surface area contributed by atoms with Crippen molar-refractivity contribution in [3.8, 4) is 0 Å². The monoisotopic (exact) mass is 142 g/mol. The van der Waals surface area contributed by atoms with Crippen molar-refractivity contribution in [1.29, 1.82) is 0 Å². The maximum atomic E-state index is 2.27. The summed E-state index contributed by atoms with van der Waals surface area (Å²) in [6.45, 7) is 0. The molecule has 0 radical (unpaired) electrons. The fourth-order valence-corrected chi connectivity index (χ4v) is 3.57. The minimum Gasteiger partial charge on any atom is -0.162 e. The molecule has 0 aromatic heterocycles. The summed E-state index contributed by atoms with van der Waals surface area (Å²) in [6.07, 6.45) is 8.45. The number of hydrogen-bond donors (Lipinski definition) is 0. The molecule has 2 rings (SSSR count). The van der Waals surface area contributed by atoms with E-state index in [1.165, 1.54) is 12.8 Å². The molecule has 0 saturated heterocycles. The minimum atomic E-state index is 1.05. The van der Waals surface area contributed by atoms with Crippen LogP contribution in [0.25, 0.3) is 0 Å². The highest BCUT2D eigenvalue weighted by Gasteiger charge is 2.38. The molecule has 9 heavy (non-hydrogen) atoms. The van der Waals surface area contributed by atoms with E-state index in [0.717, 1.165) is 17.1 Å². The van der Waals surface area contributed by atoms with Crippen LogP contribution in [0.15, 0.2) is 0 Å². The zero-order chi connectivity index (χ0) is 6.27. The normalized spacial score (nSPS) is 48.3. The Kier molecular flexibility index (Phi) is 1.48. The lowest BCUT2D eigenvalue weighted by molar-refractivity contribution is 0.493. The summed E-state index contributed by atoms with van der Waals surface area (Å²) in [7, 11) is 0. The van der Waals surface area contributed by atoms with Crippen molar-refractivity contribution in [3.63, 3.8) is 0 Å². The second-order valence-electron chi connectivity index (χ2n) is 3.45. The molecule has 1 heteroatoms. The molecule has 2 aliphatic carbocycles. The summed E-state index contributed by atoms with van der Waals surface area (Å²) in [5.74, 6) is 2.25. The number of rotatable bonds is 1. The van der Waals surface area contributed by atoms with Gasteiger partial charge in [-0.25, -0.2) is 0 Å². The van der Waals surface area contributed by atoms with Crippen LogP contribution in [0.4, 0.5) is 0 Å². The van der Waals surface area contributed by atoms with Crippen molar-refractivity contribution >= 4 is 11.8 Å². The van der Waals surface area contributed by atoms with Gasteiger partial charge >= 0.3 is 0 Å². The quantitative estimate of drug-likeness (QED) is 0.542. The number of fused-ring (bicyclic) bond motifs is 2. The molecule has 2 bridgehead atoms. The molecule has 0 heterocycles. The molecule has 0 amide bonds. The highest BCUT2D eigenvalue weighted by molar-refractivity contribution is 7.99. The second kappa shape index (κ2) is 2.19. The molecular formula is C8H14S. The Bertz CT molecular complexity index is 111. The number of hydrogen-bond acceptors (Lipinski definition) is 1. The van der Waals surface area contributed by atoms with Gasteiger partial charge in [0.15, 0.2) is 0 Å². The first-order valence-corrected chi connectivity index (χ1v) is 5.21. The molecular weight excluding hydrogens is 128 g/mol. The zero-order valence-corrected chi connectivity index (χ0v) is 6.79. The third-order valence-electron chi connectivity index (χ3n) is 2.98. The smallest absolute Gasteiger partial charge is 0.00752 e. The van der Waals surface area contributed by atoms with Crippen molar-refractivity contribution in [2.75, 3.05) is 6.26 Å². The van der Waals surface area contributed by atoms with E-state index >= 15 is 0 Å². The molecule has 0 aliphatic heterocycles. The predicted molar refractivity (Wildman–Crippen MR) is 42.8 cm³/mol. The molecule has 0 N–H and O–H groups in total. The van der Waals surface area contributed by atoms with Crippen LogP contribution in [0.5, 0.6) is 0 Å². The van der Waals surface area contributed by atoms with Crippen LogP contribution in [0.1, 0.15) is 25.7 Å². The standard InChI is InChI=1S/C8H14S/c1-9-8-5-6-2-3-7(8)4-6/h6-8H,2-5H2,1H3. The van der Waals surface area contributed by atoms with E-state index in [4.69, 9.17) is 0 Å². The Morgan fingerprint density at radius 1 is 1.22 bits per heavy atom. The first kappa shape index (κ1) is 6.09. The molecule has 0 aromatic carbocycles. The van der Waals surface area contributed by atoms with E-state index in [-0.39, 0.29) is 0 Å². The van der Waals surface area contributed by atoms with E-state index in [2.05, 4.69) is 18.0 Å². The zero-order valence-electron chi connectivity index (χ0n) is 5.97. The average Bonchev–Trinajstić information content (AvgIpc) is 2.45. The molecule has 0 aromatic rings. The van der Waals surface area contributed by atoms with Crippen LogP contribution in [-0.2, 0) is 0 Å². The average molecular weight is 142 g/mol. The Labute approximate surface area is 61.4 Å². The van der Waals surface area contributed by atoms with Gasteiger partial charge in [0.1, 0.15) is 0 Å². The largest absolute Gasteiger partial charge is 0.162 e. The van der Waals surface area contributed by atoms with Crippen LogP contribution in [0, 0.1) is 11.8 Å². The summed E-state index contributed by atoms with van der Waals surface area (Å²) < 4.78 is 0. The highest BCUT2D eigenvalue weighted by atomic mass is 32.2. The van der Waals surface area contributed by atoms with Gasteiger partial charge in [-0.1, -0.05) is 6.42 Å². The van der Waals surface area contributed by atoms with Gasteiger partial charge < -0.3 is 0 Å². The van der Waals surface area contributed by atoms with E-state index in [1.807, 2.05) is 0 Å². The van der Waals surface area contributed by atoms with Crippen molar-refractivity contribution < 1.29 is 0 Å². The van der Waals surface area contributed by atoms with Gasteiger partial charge in [0, 0.05) is 5.25 Å². The van der Waals surface area contributed by atoms with Crippen LogP contribution >= 0.6 is 11.8 Å². The predicted octanol–water partition coefficient (Wildman–Crippen LogP) is 2.54. The van der Waals surface area contributed by atoms with Gasteiger partial charge in [0.2, 0.25) is 0 Å². The molecule has 52 valence electrons. The van der Waals surface area contributed by atoms with E-state index in [1.54, 1.807) is 12.8 Å². The topological polar surface area (TPSA) is 0 Å². The summed E-state index contributed by atoms with van der Waals surface area (Å²) in [4.78, 5) is 0. The van der Waals surface area contributed by atoms with E-state index in [9.17, 15) is 0 Å².